The number of Topliss-reactive ketones (excluding diaryl/α,β-unsaturated/α-hetero) is 1. The van der Waals surface area contributed by atoms with Crippen LogP contribution in [0.25, 0.3) is 10.9 Å². The van der Waals surface area contributed by atoms with Gasteiger partial charge in [-0.3, -0.25) is 9.59 Å². The predicted octanol–water partition coefficient (Wildman–Crippen LogP) is 4.27. The molecule has 1 N–H and O–H groups in total. The number of hydrogen-bond donors (Lipinski definition) is 1. The minimum Gasteiger partial charge on any atom is -0.449 e. The van der Waals surface area contributed by atoms with E-state index in [-0.39, 0.29) is 5.78 Å². The van der Waals surface area contributed by atoms with Crippen molar-refractivity contribution in [3.05, 3.63) is 70.9 Å². The molecule has 7 heteroatoms. The number of esters is 1. The van der Waals surface area contributed by atoms with Crippen LogP contribution in [-0.2, 0) is 9.53 Å². The molecule has 1 heterocycles. The van der Waals surface area contributed by atoms with Crippen LogP contribution in [0, 0.1) is 0 Å². The summed E-state index contributed by atoms with van der Waals surface area (Å²) in [5.41, 5.74) is 1.89. The summed E-state index contributed by atoms with van der Waals surface area (Å²) in [5, 5.41) is 3.73. The Labute approximate surface area is 166 Å². The first-order chi connectivity index (χ1) is 13.3. The Morgan fingerprint density at radius 2 is 1.82 bits per heavy atom. The topological polar surface area (TPSA) is 85.4 Å². The molecular weight excluding hydrogens is 380 g/mol. The van der Waals surface area contributed by atoms with Crippen molar-refractivity contribution in [3.63, 3.8) is 0 Å². The Morgan fingerprint density at radius 3 is 2.57 bits per heavy atom. The molecule has 0 aliphatic carbocycles. The largest absolute Gasteiger partial charge is 0.449 e. The molecule has 1 aromatic heterocycles. The first kappa shape index (κ1) is 19.5. The van der Waals surface area contributed by atoms with Crippen LogP contribution in [0.5, 0.6) is 0 Å². The van der Waals surface area contributed by atoms with Gasteiger partial charge in [0.25, 0.3) is 5.91 Å². The number of nitrogens with zero attached hydrogens (tertiary/aromatic N) is 1. The number of carbonyl (C=O) groups is 3. The van der Waals surface area contributed by atoms with E-state index in [2.05, 4.69) is 10.3 Å². The van der Waals surface area contributed by atoms with Gasteiger partial charge < -0.3 is 10.1 Å². The van der Waals surface area contributed by atoms with Gasteiger partial charge >= 0.3 is 5.97 Å². The molecule has 0 spiro atoms. The van der Waals surface area contributed by atoms with E-state index in [0.29, 0.717) is 27.5 Å². The molecule has 1 atom stereocenters. The third kappa shape index (κ3) is 4.53. The average molecular weight is 397 g/mol. The van der Waals surface area contributed by atoms with Crippen LogP contribution in [-0.4, -0.2) is 28.7 Å². The summed E-state index contributed by atoms with van der Waals surface area (Å²) < 4.78 is 5.26. The van der Waals surface area contributed by atoms with Crippen LogP contribution in [0.2, 0.25) is 5.15 Å². The summed E-state index contributed by atoms with van der Waals surface area (Å²) >= 11 is 5.85. The zero-order valence-corrected chi connectivity index (χ0v) is 16.0. The fourth-order valence-corrected chi connectivity index (χ4v) is 2.72. The summed E-state index contributed by atoms with van der Waals surface area (Å²) in [6.45, 7) is 2.92. The number of aromatic nitrogens is 1. The van der Waals surface area contributed by atoms with E-state index in [9.17, 15) is 14.4 Å². The Kier molecular flexibility index (Phi) is 5.70. The molecule has 1 amide bonds. The minimum absolute atomic E-state index is 0.109. The van der Waals surface area contributed by atoms with E-state index < -0.39 is 18.0 Å². The highest BCUT2D eigenvalue weighted by molar-refractivity contribution is 6.29. The van der Waals surface area contributed by atoms with Crippen LogP contribution in [0.3, 0.4) is 0 Å². The van der Waals surface area contributed by atoms with E-state index >= 15 is 0 Å². The second kappa shape index (κ2) is 8.19. The number of anilines is 1. The second-order valence-electron chi connectivity index (χ2n) is 6.22. The lowest BCUT2D eigenvalue weighted by atomic mass is 10.1. The van der Waals surface area contributed by atoms with Gasteiger partial charge in [0, 0.05) is 16.6 Å². The number of nitrogens with one attached hydrogen (secondary N) is 1. The number of rotatable bonds is 5. The fraction of sp³-hybridized carbons (Fsp3) is 0.143. The summed E-state index contributed by atoms with van der Waals surface area (Å²) in [4.78, 5) is 40.3. The molecule has 0 saturated carbocycles. The van der Waals surface area contributed by atoms with Gasteiger partial charge in [0.05, 0.1) is 11.1 Å². The Bertz CT molecular complexity index is 1080. The summed E-state index contributed by atoms with van der Waals surface area (Å²) in [7, 11) is 0. The van der Waals surface area contributed by atoms with Gasteiger partial charge in [-0.2, -0.15) is 0 Å². The Morgan fingerprint density at radius 1 is 1.04 bits per heavy atom. The number of ether oxygens (including phenoxy) is 1. The lowest BCUT2D eigenvalue weighted by Crippen LogP contribution is -2.30. The summed E-state index contributed by atoms with van der Waals surface area (Å²) in [6, 6.07) is 14.8. The molecule has 0 saturated heterocycles. The molecule has 0 bridgehead atoms. The molecule has 1 unspecified atom stereocenters. The standard InChI is InChI=1S/C21H17ClN2O4/c1-12(25)14-4-3-5-17(11-14)23-20(26)13(2)28-21(27)16-6-8-18-15(10-16)7-9-19(22)24-18/h3-11,13H,1-2H3,(H,23,26). The summed E-state index contributed by atoms with van der Waals surface area (Å²) in [5.74, 6) is -1.23. The van der Waals surface area contributed by atoms with Crippen molar-refractivity contribution in [2.75, 3.05) is 5.32 Å². The molecule has 0 radical (unpaired) electrons. The molecule has 2 aromatic carbocycles. The van der Waals surface area contributed by atoms with Crippen molar-refractivity contribution in [3.8, 4) is 0 Å². The molecule has 0 aliphatic heterocycles. The second-order valence-corrected chi connectivity index (χ2v) is 6.60. The lowest BCUT2D eigenvalue weighted by Gasteiger charge is -2.14. The van der Waals surface area contributed by atoms with Crippen LogP contribution in [0.1, 0.15) is 34.6 Å². The molecule has 142 valence electrons. The first-order valence-electron chi connectivity index (χ1n) is 8.52. The van der Waals surface area contributed by atoms with Gasteiger partial charge in [-0.05, 0) is 56.3 Å². The van der Waals surface area contributed by atoms with Gasteiger partial charge in [0.2, 0.25) is 0 Å². The van der Waals surface area contributed by atoms with E-state index in [4.69, 9.17) is 16.3 Å². The molecule has 3 rings (SSSR count). The van der Waals surface area contributed by atoms with Crippen molar-refractivity contribution in [2.45, 2.75) is 20.0 Å². The van der Waals surface area contributed by atoms with E-state index in [0.717, 1.165) is 5.39 Å². The van der Waals surface area contributed by atoms with Crippen molar-refractivity contribution in [2.24, 2.45) is 0 Å². The molecule has 6 nitrogen and oxygen atoms in total. The van der Waals surface area contributed by atoms with Gasteiger partial charge in [0.1, 0.15) is 5.15 Å². The van der Waals surface area contributed by atoms with Crippen molar-refractivity contribution in [1.29, 1.82) is 0 Å². The third-order valence-electron chi connectivity index (χ3n) is 4.08. The molecular formula is C21H17ClN2O4. The molecule has 3 aromatic rings. The molecule has 28 heavy (non-hydrogen) atoms. The monoisotopic (exact) mass is 396 g/mol. The van der Waals surface area contributed by atoms with E-state index in [1.807, 2.05) is 0 Å². The van der Waals surface area contributed by atoms with Crippen LogP contribution < -0.4 is 5.32 Å². The van der Waals surface area contributed by atoms with Crippen LogP contribution >= 0.6 is 11.6 Å². The zero-order valence-electron chi connectivity index (χ0n) is 15.2. The van der Waals surface area contributed by atoms with Gasteiger partial charge in [-0.1, -0.05) is 23.7 Å². The van der Waals surface area contributed by atoms with Crippen molar-refractivity contribution in [1.82, 2.24) is 4.98 Å². The third-order valence-corrected chi connectivity index (χ3v) is 4.29. The van der Waals surface area contributed by atoms with E-state index in [1.54, 1.807) is 54.6 Å². The Hall–Kier alpha value is -3.25. The Balaban J connectivity index is 1.68. The quantitative estimate of drug-likeness (QED) is 0.395. The van der Waals surface area contributed by atoms with Gasteiger partial charge in [-0.25, -0.2) is 9.78 Å². The first-order valence-corrected chi connectivity index (χ1v) is 8.90. The maximum atomic E-state index is 12.4. The van der Waals surface area contributed by atoms with Crippen LogP contribution in [0.15, 0.2) is 54.6 Å². The number of ketones is 1. The highest BCUT2D eigenvalue weighted by Gasteiger charge is 2.19. The lowest BCUT2D eigenvalue weighted by molar-refractivity contribution is -0.123. The fourth-order valence-electron chi connectivity index (χ4n) is 2.57. The number of benzene rings is 2. The average Bonchev–Trinajstić information content (AvgIpc) is 2.67. The number of halogens is 1. The van der Waals surface area contributed by atoms with E-state index in [1.165, 1.54) is 13.8 Å². The normalized spacial score (nSPS) is 11.7. The maximum Gasteiger partial charge on any atom is 0.338 e. The predicted molar refractivity (Wildman–Crippen MR) is 107 cm³/mol. The van der Waals surface area contributed by atoms with Gasteiger partial charge in [-0.15, -0.1) is 0 Å². The number of hydrogen-bond acceptors (Lipinski definition) is 5. The number of amides is 1. The van der Waals surface area contributed by atoms with Crippen molar-refractivity contribution < 1.29 is 19.1 Å². The minimum atomic E-state index is -1.02. The number of carbonyl (C=O) groups excluding carboxylic acids is 3. The highest BCUT2D eigenvalue weighted by Crippen LogP contribution is 2.18. The number of pyridine rings is 1. The molecule has 0 fully saturated rings. The number of fused-ring (bicyclic) bond motifs is 1. The smallest absolute Gasteiger partial charge is 0.338 e. The van der Waals surface area contributed by atoms with Gasteiger partial charge in [0.15, 0.2) is 11.9 Å². The van der Waals surface area contributed by atoms with Crippen LogP contribution in [0.4, 0.5) is 5.69 Å². The highest BCUT2D eigenvalue weighted by atomic mass is 35.5. The van der Waals surface area contributed by atoms with Crippen molar-refractivity contribution >= 4 is 45.9 Å². The SMILES string of the molecule is CC(=O)c1cccc(NC(=O)C(C)OC(=O)c2ccc3nc(Cl)ccc3c2)c1. The zero-order chi connectivity index (χ0) is 20.3. The molecule has 0 aliphatic rings. The maximum absolute atomic E-state index is 12.4. The summed E-state index contributed by atoms with van der Waals surface area (Å²) in [6.07, 6.45) is -1.02.